The number of hydrogen-bond acceptors (Lipinski definition) is 6. The van der Waals surface area contributed by atoms with E-state index in [-0.39, 0.29) is 10.8 Å². The predicted molar refractivity (Wildman–Crippen MR) is 136 cm³/mol. The molecule has 0 bridgehead atoms. The van der Waals surface area contributed by atoms with Gasteiger partial charge in [-0.15, -0.1) is 0 Å². The standard InChI is InChI=1S/C24H26BrN5O4S/c25-19-15-18-5-4-11-26-22(18)21(16-19)23(31)27-12-10-17-6-8-20(9-7-17)35(33,34)29-24(32)28-30-13-2-1-3-14-30/h4-9,11,15-16H,1-3,10,12-14H2,(H,27,31)(H2,28,29,32). The Morgan fingerprint density at radius 1 is 1.03 bits per heavy atom. The Morgan fingerprint density at radius 3 is 2.51 bits per heavy atom. The summed E-state index contributed by atoms with van der Waals surface area (Å²) < 4.78 is 27.9. The zero-order valence-electron chi connectivity index (χ0n) is 19.0. The second-order valence-corrected chi connectivity index (χ2v) is 10.9. The maximum absolute atomic E-state index is 12.7. The van der Waals surface area contributed by atoms with Crippen LogP contribution < -0.4 is 15.5 Å². The largest absolute Gasteiger partial charge is 0.352 e. The Morgan fingerprint density at radius 2 is 1.77 bits per heavy atom. The quantitative estimate of drug-likeness (QED) is 0.408. The van der Waals surface area contributed by atoms with Gasteiger partial charge in [0.25, 0.3) is 15.9 Å². The van der Waals surface area contributed by atoms with Crippen molar-refractivity contribution < 1.29 is 18.0 Å². The molecule has 2 heterocycles. The summed E-state index contributed by atoms with van der Waals surface area (Å²) in [6.07, 6.45) is 5.19. The molecule has 1 saturated heterocycles. The highest BCUT2D eigenvalue weighted by atomic mass is 79.9. The number of nitrogens with zero attached hydrogens (tertiary/aromatic N) is 2. The van der Waals surface area contributed by atoms with E-state index in [1.165, 1.54) is 12.1 Å². The lowest BCUT2D eigenvalue weighted by Gasteiger charge is -2.26. The highest BCUT2D eigenvalue weighted by Gasteiger charge is 2.20. The van der Waals surface area contributed by atoms with E-state index in [1.54, 1.807) is 29.4 Å². The summed E-state index contributed by atoms with van der Waals surface area (Å²) in [6, 6.07) is 12.8. The summed E-state index contributed by atoms with van der Waals surface area (Å²) >= 11 is 3.43. The molecule has 4 rings (SSSR count). The number of carbonyl (C=O) groups is 2. The number of hydrazine groups is 1. The molecule has 35 heavy (non-hydrogen) atoms. The molecule has 1 aromatic heterocycles. The maximum Gasteiger partial charge on any atom is 0.343 e. The van der Waals surface area contributed by atoms with Gasteiger partial charge >= 0.3 is 6.03 Å². The fraction of sp³-hybridized carbons (Fsp3) is 0.292. The van der Waals surface area contributed by atoms with Gasteiger partial charge in [0.05, 0.1) is 16.0 Å². The van der Waals surface area contributed by atoms with Crippen molar-refractivity contribution in [3.8, 4) is 0 Å². The smallest absolute Gasteiger partial charge is 0.343 e. The van der Waals surface area contributed by atoms with Crippen molar-refractivity contribution in [2.45, 2.75) is 30.6 Å². The van der Waals surface area contributed by atoms with Crippen molar-refractivity contribution in [2.24, 2.45) is 0 Å². The fourth-order valence-corrected chi connectivity index (χ4v) is 5.31. The first kappa shape index (κ1) is 25.1. The van der Waals surface area contributed by atoms with E-state index < -0.39 is 16.1 Å². The Bertz CT molecular complexity index is 1330. The molecule has 0 atom stereocenters. The van der Waals surface area contributed by atoms with Crippen molar-refractivity contribution in [3.05, 3.63) is 70.3 Å². The highest BCUT2D eigenvalue weighted by molar-refractivity contribution is 9.10. The number of carbonyl (C=O) groups excluding carboxylic acids is 2. The van der Waals surface area contributed by atoms with Gasteiger partial charge in [0, 0.05) is 35.7 Å². The van der Waals surface area contributed by atoms with Crippen molar-refractivity contribution in [3.63, 3.8) is 0 Å². The lowest BCUT2D eigenvalue weighted by Crippen LogP contribution is -2.50. The minimum Gasteiger partial charge on any atom is -0.352 e. The summed E-state index contributed by atoms with van der Waals surface area (Å²) in [5, 5.41) is 5.47. The van der Waals surface area contributed by atoms with Crippen LogP contribution in [0, 0.1) is 0 Å². The third-order valence-electron chi connectivity index (χ3n) is 5.69. The van der Waals surface area contributed by atoms with Crippen LogP contribution in [0.15, 0.2) is 64.1 Å². The number of fused-ring (bicyclic) bond motifs is 1. The van der Waals surface area contributed by atoms with Crippen LogP contribution in [0.5, 0.6) is 0 Å². The number of pyridine rings is 1. The van der Waals surface area contributed by atoms with Crippen molar-refractivity contribution in [2.75, 3.05) is 19.6 Å². The number of rotatable bonds is 7. The molecule has 184 valence electrons. The Kier molecular flexibility index (Phi) is 7.99. The Hall–Kier alpha value is -3.02. The van der Waals surface area contributed by atoms with E-state index in [9.17, 15) is 18.0 Å². The molecule has 0 radical (unpaired) electrons. The van der Waals surface area contributed by atoms with Gasteiger partial charge in [0.15, 0.2) is 0 Å². The van der Waals surface area contributed by atoms with Crippen LogP contribution in [0.25, 0.3) is 10.9 Å². The number of sulfonamides is 1. The van der Waals surface area contributed by atoms with E-state index in [4.69, 9.17) is 0 Å². The first-order valence-electron chi connectivity index (χ1n) is 11.3. The van der Waals surface area contributed by atoms with Crippen LogP contribution in [0.2, 0.25) is 0 Å². The summed E-state index contributed by atoms with van der Waals surface area (Å²) in [5.74, 6) is -0.238. The van der Waals surface area contributed by atoms with Crippen molar-refractivity contribution in [1.29, 1.82) is 0 Å². The number of halogens is 1. The third kappa shape index (κ3) is 6.56. The van der Waals surface area contributed by atoms with Gasteiger partial charge in [-0.05, 0) is 55.2 Å². The molecule has 3 N–H and O–H groups in total. The van der Waals surface area contributed by atoms with E-state index in [2.05, 4.69) is 31.7 Å². The molecule has 1 aliphatic heterocycles. The summed E-state index contributed by atoms with van der Waals surface area (Å²) in [4.78, 5) is 29.1. The van der Waals surface area contributed by atoms with Gasteiger partial charge in [0.1, 0.15) is 0 Å². The van der Waals surface area contributed by atoms with Gasteiger partial charge in [0.2, 0.25) is 0 Å². The maximum atomic E-state index is 12.7. The van der Waals surface area contributed by atoms with E-state index >= 15 is 0 Å². The summed E-state index contributed by atoms with van der Waals surface area (Å²) in [7, 11) is -3.99. The monoisotopic (exact) mass is 559 g/mol. The van der Waals surface area contributed by atoms with Crippen LogP contribution in [-0.2, 0) is 16.4 Å². The zero-order valence-corrected chi connectivity index (χ0v) is 21.4. The number of urea groups is 1. The first-order valence-corrected chi connectivity index (χ1v) is 13.6. The SMILES string of the molecule is O=C(NN1CCCCC1)NS(=O)(=O)c1ccc(CCNC(=O)c2cc(Br)cc3cccnc23)cc1. The molecular weight excluding hydrogens is 534 g/mol. The van der Waals surface area contributed by atoms with E-state index in [0.717, 1.165) is 34.7 Å². The van der Waals surface area contributed by atoms with Gasteiger partial charge in [-0.2, -0.15) is 0 Å². The van der Waals surface area contributed by atoms with Crippen LogP contribution in [-0.4, -0.2) is 50.0 Å². The molecule has 0 unspecified atom stereocenters. The number of amides is 3. The van der Waals surface area contributed by atoms with Crippen LogP contribution >= 0.6 is 15.9 Å². The molecule has 0 aliphatic carbocycles. The van der Waals surface area contributed by atoms with Gasteiger partial charge < -0.3 is 5.32 Å². The van der Waals surface area contributed by atoms with E-state index in [0.29, 0.717) is 37.1 Å². The third-order valence-corrected chi connectivity index (χ3v) is 7.49. The number of piperidine rings is 1. The molecule has 1 fully saturated rings. The first-order chi connectivity index (χ1) is 16.8. The molecule has 3 aromatic rings. The molecule has 3 amide bonds. The summed E-state index contributed by atoms with van der Waals surface area (Å²) in [6.45, 7) is 1.77. The predicted octanol–water partition coefficient (Wildman–Crippen LogP) is 3.36. The molecule has 11 heteroatoms. The molecule has 9 nitrogen and oxygen atoms in total. The van der Waals surface area contributed by atoms with Gasteiger partial charge in [-0.1, -0.05) is 40.5 Å². The number of benzene rings is 2. The minimum absolute atomic E-state index is 0.00856. The van der Waals surface area contributed by atoms with Gasteiger partial charge in [-0.25, -0.2) is 22.9 Å². The van der Waals surface area contributed by atoms with Crippen molar-refractivity contribution in [1.82, 2.24) is 25.5 Å². The Labute approximate surface area is 212 Å². The minimum atomic E-state index is -3.99. The lowest BCUT2D eigenvalue weighted by molar-refractivity contribution is 0.0955. The summed E-state index contributed by atoms with van der Waals surface area (Å²) in [5.41, 5.74) is 4.53. The second kappa shape index (κ2) is 11.1. The fourth-order valence-electron chi connectivity index (χ4n) is 3.93. The molecule has 0 spiro atoms. The average Bonchev–Trinajstić information content (AvgIpc) is 2.84. The number of nitrogens with one attached hydrogen (secondary N) is 3. The van der Waals surface area contributed by atoms with Gasteiger partial charge in [-0.3, -0.25) is 15.2 Å². The zero-order chi connectivity index (χ0) is 24.8. The number of hydrogen-bond donors (Lipinski definition) is 3. The second-order valence-electron chi connectivity index (χ2n) is 8.27. The molecule has 0 saturated carbocycles. The van der Waals surface area contributed by atoms with Crippen molar-refractivity contribution >= 4 is 48.8 Å². The van der Waals surface area contributed by atoms with Crippen LogP contribution in [0.1, 0.15) is 35.2 Å². The van der Waals surface area contributed by atoms with Crippen LogP contribution in [0.4, 0.5) is 4.79 Å². The Balaban J connectivity index is 1.31. The number of aromatic nitrogens is 1. The van der Waals surface area contributed by atoms with Crippen LogP contribution in [0.3, 0.4) is 0 Å². The van der Waals surface area contributed by atoms with E-state index in [1.807, 2.05) is 22.9 Å². The highest BCUT2D eigenvalue weighted by Crippen LogP contribution is 2.22. The molecule has 2 aromatic carbocycles. The molecule has 1 aliphatic rings. The topological polar surface area (TPSA) is 121 Å². The normalized spacial score (nSPS) is 14.4. The average molecular weight is 560 g/mol. The lowest BCUT2D eigenvalue weighted by atomic mass is 10.1. The molecular formula is C24H26BrN5O4S.